The number of carbonyl (C=O) groups excluding carboxylic acids is 3. The largest absolute Gasteiger partial charge is 0.466 e. The Morgan fingerprint density at radius 3 is 2.53 bits per heavy atom. The summed E-state index contributed by atoms with van der Waals surface area (Å²) in [4.78, 5) is 43.1. The zero-order valence-electron chi connectivity index (χ0n) is 21.7. The average molecular weight is 541 g/mol. The van der Waals surface area contributed by atoms with Gasteiger partial charge in [0.1, 0.15) is 17.6 Å². The summed E-state index contributed by atoms with van der Waals surface area (Å²) in [5.74, 6) is -3.16. The van der Waals surface area contributed by atoms with Crippen LogP contribution in [0.2, 0.25) is 5.02 Å². The number of carbonyl (C=O) groups is 3. The lowest BCUT2D eigenvalue weighted by Gasteiger charge is -2.37. The number of fused-ring (bicyclic) bond motifs is 1. The SMILES string of the molecule is CCOC(=O)[C@H]1[C@H]2C(=O)N([C@@H](CO)Cc3ccccc3)C(C(=O)Nc3ccc(Cl)cc3)C23CC(C)[C@]1(C)O3. The van der Waals surface area contributed by atoms with Crippen LogP contribution < -0.4 is 5.32 Å². The monoisotopic (exact) mass is 540 g/mol. The minimum absolute atomic E-state index is 0.103. The van der Waals surface area contributed by atoms with Crippen molar-refractivity contribution in [2.24, 2.45) is 17.8 Å². The second-order valence-electron chi connectivity index (χ2n) is 10.7. The van der Waals surface area contributed by atoms with Gasteiger partial charge in [0, 0.05) is 10.7 Å². The Hall–Kier alpha value is -2.94. The third-order valence-electron chi connectivity index (χ3n) is 8.57. The molecule has 3 aliphatic heterocycles. The fourth-order valence-electron chi connectivity index (χ4n) is 6.84. The molecule has 2 amide bonds. The van der Waals surface area contributed by atoms with Crippen LogP contribution in [0.3, 0.4) is 0 Å². The number of amides is 2. The van der Waals surface area contributed by atoms with Crippen molar-refractivity contribution in [3.05, 3.63) is 65.2 Å². The van der Waals surface area contributed by atoms with Crippen LogP contribution in [0.15, 0.2) is 54.6 Å². The number of rotatable bonds is 8. The summed E-state index contributed by atoms with van der Waals surface area (Å²) in [7, 11) is 0. The summed E-state index contributed by atoms with van der Waals surface area (Å²) in [6.45, 7) is 5.36. The highest BCUT2D eigenvalue weighted by Gasteiger charge is 2.80. The highest BCUT2D eigenvalue weighted by molar-refractivity contribution is 6.30. The predicted molar refractivity (Wildman–Crippen MR) is 141 cm³/mol. The van der Waals surface area contributed by atoms with E-state index in [9.17, 15) is 19.5 Å². The van der Waals surface area contributed by atoms with Gasteiger partial charge in [-0.2, -0.15) is 0 Å². The van der Waals surface area contributed by atoms with Crippen molar-refractivity contribution in [1.82, 2.24) is 4.90 Å². The van der Waals surface area contributed by atoms with Gasteiger partial charge in [0.15, 0.2) is 0 Å². The van der Waals surface area contributed by atoms with Gasteiger partial charge in [0.25, 0.3) is 0 Å². The topological polar surface area (TPSA) is 105 Å². The summed E-state index contributed by atoms with van der Waals surface area (Å²) >= 11 is 6.02. The lowest BCUT2D eigenvalue weighted by molar-refractivity contribution is -0.161. The number of hydrogen-bond donors (Lipinski definition) is 2. The molecule has 3 heterocycles. The standard InChI is InChI=1S/C29H33ClN2O6/c1-4-37-27(36)23-22-26(35)32(21(16-33)14-18-8-6-5-7-9-18)24(29(22)15-17(2)28(23,3)38-29)25(34)31-20-12-10-19(30)11-13-20/h5-13,17,21-24,33H,4,14-16H2,1-3H3,(H,31,34)/t17?,21-,22+,23-,24?,28+,29?/m1/s1. The molecule has 0 saturated carbocycles. The van der Waals surface area contributed by atoms with Gasteiger partial charge in [-0.1, -0.05) is 48.9 Å². The molecule has 8 nitrogen and oxygen atoms in total. The first-order valence-electron chi connectivity index (χ1n) is 13.1. The molecule has 0 aromatic heterocycles. The minimum atomic E-state index is -1.23. The lowest BCUT2D eigenvalue weighted by atomic mass is 9.62. The van der Waals surface area contributed by atoms with Crippen LogP contribution in [-0.4, -0.2) is 64.3 Å². The maximum absolute atomic E-state index is 14.3. The number of aliphatic hydroxyl groups excluding tert-OH is 1. The van der Waals surface area contributed by atoms with E-state index in [4.69, 9.17) is 21.1 Å². The van der Waals surface area contributed by atoms with Crippen LogP contribution in [0.25, 0.3) is 0 Å². The smallest absolute Gasteiger partial charge is 0.312 e. The molecule has 2 aromatic rings. The molecular weight excluding hydrogens is 508 g/mol. The maximum atomic E-state index is 14.3. The number of benzene rings is 2. The van der Waals surface area contributed by atoms with Gasteiger partial charge in [-0.25, -0.2) is 0 Å². The molecule has 2 aromatic carbocycles. The van der Waals surface area contributed by atoms with E-state index in [1.807, 2.05) is 44.2 Å². The van der Waals surface area contributed by atoms with Gasteiger partial charge in [0.2, 0.25) is 11.8 Å². The molecule has 5 rings (SSSR count). The third-order valence-corrected chi connectivity index (χ3v) is 8.82. The summed E-state index contributed by atoms with van der Waals surface area (Å²) in [6.07, 6.45) is 0.766. The van der Waals surface area contributed by atoms with Crippen molar-refractivity contribution < 1.29 is 29.0 Å². The van der Waals surface area contributed by atoms with E-state index in [1.54, 1.807) is 31.2 Å². The molecule has 202 valence electrons. The Morgan fingerprint density at radius 2 is 1.89 bits per heavy atom. The normalized spacial score (nSPS) is 32.2. The van der Waals surface area contributed by atoms with E-state index in [2.05, 4.69) is 5.32 Å². The van der Waals surface area contributed by atoms with Crippen LogP contribution in [0.4, 0.5) is 5.69 Å². The van der Waals surface area contributed by atoms with E-state index in [0.29, 0.717) is 23.6 Å². The van der Waals surface area contributed by atoms with Crippen molar-refractivity contribution in [1.29, 1.82) is 0 Å². The van der Waals surface area contributed by atoms with Crippen LogP contribution in [-0.2, 0) is 30.3 Å². The van der Waals surface area contributed by atoms with Crippen LogP contribution in [0.1, 0.15) is 32.8 Å². The number of aliphatic hydroxyl groups is 1. The van der Waals surface area contributed by atoms with Gasteiger partial charge in [-0.05, 0) is 62.4 Å². The number of hydrogen-bond acceptors (Lipinski definition) is 6. The van der Waals surface area contributed by atoms with Gasteiger partial charge >= 0.3 is 5.97 Å². The molecule has 9 heteroatoms. The number of anilines is 1. The highest BCUT2D eigenvalue weighted by atomic mass is 35.5. The quantitative estimate of drug-likeness (QED) is 0.497. The van der Waals surface area contributed by atoms with Crippen LogP contribution >= 0.6 is 11.6 Å². The van der Waals surface area contributed by atoms with Gasteiger partial charge < -0.3 is 24.8 Å². The Labute approximate surface area is 227 Å². The molecule has 3 unspecified atom stereocenters. The van der Waals surface area contributed by atoms with Crippen LogP contribution in [0.5, 0.6) is 0 Å². The summed E-state index contributed by atoms with van der Waals surface area (Å²) in [6, 6.07) is 14.4. The summed E-state index contributed by atoms with van der Waals surface area (Å²) in [5, 5.41) is 14.0. The van der Waals surface area contributed by atoms with Crippen molar-refractivity contribution >= 4 is 35.1 Å². The number of likely N-dealkylation sites (tertiary alicyclic amines) is 1. The molecular formula is C29H33ClN2O6. The Balaban J connectivity index is 1.59. The Morgan fingerprint density at radius 1 is 1.21 bits per heavy atom. The van der Waals surface area contributed by atoms with Gasteiger partial charge in [-0.3, -0.25) is 14.4 Å². The predicted octanol–water partition coefficient (Wildman–Crippen LogP) is 3.46. The first-order valence-corrected chi connectivity index (χ1v) is 13.4. The lowest BCUT2D eigenvalue weighted by Crippen LogP contribution is -2.57. The average Bonchev–Trinajstić information content (AvgIpc) is 3.41. The van der Waals surface area contributed by atoms with E-state index in [-0.39, 0.29) is 25.0 Å². The molecule has 3 fully saturated rings. The molecule has 3 saturated heterocycles. The molecule has 38 heavy (non-hydrogen) atoms. The van der Waals surface area contributed by atoms with Crippen LogP contribution in [0, 0.1) is 17.8 Å². The number of halogens is 1. The van der Waals surface area contributed by atoms with Crippen molar-refractivity contribution in [2.75, 3.05) is 18.5 Å². The minimum Gasteiger partial charge on any atom is -0.466 e. The second kappa shape index (κ2) is 9.98. The third kappa shape index (κ3) is 4.10. The number of esters is 1. The number of ether oxygens (including phenoxy) is 2. The molecule has 0 radical (unpaired) electrons. The molecule has 1 spiro atoms. The molecule has 2 N–H and O–H groups in total. The Kier molecular flexibility index (Phi) is 7.00. The zero-order valence-corrected chi connectivity index (χ0v) is 22.5. The fraction of sp³-hybridized carbons (Fsp3) is 0.483. The van der Waals surface area contributed by atoms with Gasteiger partial charge in [-0.15, -0.1) is 0 Å². The molecule has 2 bridgehead atoms. The summed E-state index contributed by atoms with van der Waals surface area (Å²) in [5.41, 5.74) is -0.753. The second-order valence-corrected chi connectivity index (χ2v) is 11.2. The highest BCUT2D eigenvalue weighted by Crippen LogP contribution is 2.65. The van der Waals surface area contributed by atoms with E-state index >= 15 is 0 Å². The number of nitrogens with zero attached hydrogens (tertiary/aromatic N) is 1. The van der Waals surface area contributed by atoms with Crippen molar-refractivity contribution in [2.45, 2.75) is 56.9 Å². The Bertz CT molecular complexity index is 1220. The first kappa shape index (κ1) is 26.7. The van der Waals surface area contributed by atoms with E-state index in [0.717, 1.165) is 5.56 Å². The van der Waals surface area contributed by atoms with E-state index in [1.165, 1.54) is 4.90 Å². The fourth-order valence-corrected chi connectivity index (χ4v) is 6.97. The molecule has 7 atom stereocenters. The first-order chi connectivity index (χ1) is 18.2. The zero-order chi connectivity index (χ0) is 27.2. The van der Waals surface area contributed by atoms with Gasteiger partial charge in [0.05, 0.1) is 30.8 Å². The molecule has 0 aliphatic carbocycles. The summed E-state index contributed by atoms with van der Waals surface area (Å²) < 4.78 is 12.1. The van der Waals surface area contributed by atoms with Crippen molar-refractivity contribution in [3.8, 4) is 0 Å². The number of nitrogens with one attached hydrogen (secondary N) is 1. The van der Waals surface area contributed by atoms with E-state index < -0.39 is 47.0 Å². The molecule has 3 aliphatic rings. The van der Waals surface area contributed by atoms with Crippen molar-refractivity contribution in [3.63, 3.8) is 0 Å². The maximum Gasteiger partial charge on any atom is 0.312 e.